The summed E-state index contributed by atoms with van der Waals surface area (Å²) >= 11 is 0. The monoisotopic (exact) mass is 262 g/mol. The van der Waals surface area contributed by atoms with Crippen LogP contribution in [0.2, 0.25) is 0 Å². The highest BCUT2D eigenvalue weighted by molar-refractivity contribution is 5.75. The van der Waals surface area contributed by atoms with Gasteiger partial charge in [0.15, 0.2) is 0 Å². The lowest BCUT2D eigenvalue weighted by atomic mass is 9.96. The van der Waals surface area contributed by atoms with Gasteiger partial charge in [-0.3, -0.25) is 14.6 Å². The Morgan fingerprint density at radius 1 is 1.26 bits per heavy atom. The average molecular weight is 262 g/mol. The minimum atomic E-state index is -0.772. The predicted octanol–water partition coefficient (Wildman–Crippen LogP) is 1.84. The molecule has 1 aromatic rings. The standard InChI is InChI=1S/C15H22N2O2/c1-15(2)11-17(10-9-16(15)3)13(14(18)19)12-7-5-4-6-8-12/h4-8,13H,9-11H2,1-3H3,(H,18,19). The van der Waals surface area contributed by atoms with E-state index in [0.29, 0.717) is 0 Å². The van der Waals surface area contributed by atoms with E-state index in [1.807, 2.05) is 30.3 Å². The largest absolute Gasteiger partial charge is 0.480 e. The molecule has 2 rings (SSSR count). The zero-order valence-electron chi connectivity index (χ0n) is 11.8. The molecule has 1 fully saturated rings. The summed E-state index contributed by atoms with van der Waals surface area (Å²) < 4.78 is 0. The van der Waals surface area contributed by atoms with Crippen molar-refractivity contribution < 1.29 is 9.90 Å². The Balaban J connectivity index is 2.24. The Bertz CT molecular complexity index is 445. The molecule has 1 atom stereocenters. The number of hydrogen-bond donors (Lipinski definition) is 1. The molecule has 4 nitrogen and oxygen atoms in total. The minimum Gasteiger partial charge on any atom is -0.480 e. The topological polar surface area (TPSA) is 43.8 Å². The molecule has 19 heavy (non-hydrogen) atoms. The molecule has 1 unspecified atom stereocenters. The Kier molecular flexibility index (Phi) is 3.92. The van der Waals surface area contributed by atoms with Crippen molar-refractivity contribution in [2.45, 2.75) is 25.4 Å². The number of carbonyl (C=O) groups is 1. The van der Waals surface area contributed by atoms with Gasteiger partial charge in [-0.15, -0.1) is 0 Å². The van der Waals surface area contributed by atoms with E-state index in [0.717, 1.165) is 25.2 Å². The first kappa shape index (κ1) is 14.0. The van der Waals surface area contributed by atoms with E-state index < -0.39 is 12.0 Å². The Morgan fingerprint density at radius 2 is 1.89 bits per heavy atom. The molecule has 1 saturated heterocycles. The van der Waals surface area contributed by atoms with Gasteiger partial charge in [-0.05, 0) is 26.5 Å². The molecule has 0 aromatic heterocycles. The third kappa shape index (κ3) is 2.96. The van der Waals surface area contributed by atoms with Crippen molar-refractivity contribution in [2.75, 3.05) is 26.7 Å². The quantitative estimate of drug-likeness (QED) is 0.902. The number of carboxylic acids is 1. The molecule has 104 valence electrons. The van der Waals surface area contributed by atoms with Crippen molar-refractivity contribution in [3.05, 3.63) is 35.9 Å². The maximum Gasteiger partial charge on any atom is 0.325 e. The van der Waals surface area contributed by atoms with Gasteiger partial charge in [0, 0.05) is 25.2 Å². The summed E-state index contributed by atoms with van der Waals surface area (Å²) in [5.41, 5.74) is 0.858. The van der Waals surface area contributed by atoms with E-state index in [1.165, 1.54) is 0 Å². The van der Waals surface area contributed by atoms with Gasteiger partial charge < -0.3 is 5.11 Å². The second-order valence-corrected chi connectivity index (χ2v) is 5.86. The second kappa shape index (κ2) is 5.31. The highest BCUT2D eigenvalue weighted by Gasteiger charge is 2.37. The van der Waals surface area contributed by atoms with Crippen LogP contribution in [0.15, 0.2) is 30.3 Å². The van der Waals surface area contributed by atoms with E-state index in [4.69, 9.17) is 0 Å². The van der Waals surface area contributed by atoms with Crippen LogP contribution >= 0.6 is 0 Å². The van der Waals surface area contributed by atoms with Crippen molar-refractivity contribution >= 4 is 5.97 Å². The van der Waals surface area contributed by atoms with Gasteiger partial charge in [0.2, 0.25) is 0 Å². The molecule has 1 aliphatic heterocycles. The first-order valence-electron chi connectivity index (χ1n) is 6.65. The molecule has 1 N–H and O–H groups in total. The highest BCUT2D eigenvalue weighted by Crippen LogP contribution is 2.27. The Labute approximate surface area is 114 Å². The summed E-state index contributed by atoms with van der Waals surface area (Å²) in [6.07, 6.45) is 0. The van der Waals surface area contributed by atoms with E-state index in [-0.39, 0.29) is 5.54 Å². The van der Waals surface area contributed by atoms with E-state index in [1.54, 1.807) is 0 Å². The second-order valence-electron chi connectivity index (χ2n) is 5.86. The summed E-state index contributed by atoms with van der Waals surface area (Å²) in [6, 6.07) is 8.94. The highest BCUT2D eigenvalue weighted by atomic mass is 16.4. The van der Waals surface area contributed by atoms with Crippen LogP contribution in [0.5, 0.6) is 0 Å². The van der Waals surface area contributed by atoms with Gasteiger partial charge in [0.25, 0.3) is 0 Å². The fraction of sp³-hybridized carbons (Fsp3) is 0.533. The number of benzene rings is 1. The van der Waals surface area contributed by atoms with Crippen LogP contribution in [0.3, 0.4) is 0 Å². The zero-order valence-corrected chi connectivity index (χ0v) is 11.8. The van der Waals surface area contributed by atoms with Gasteiger partial charge >= 0.3 is 5.97 Å². The fourth-order valence-electron chi connectivity index (χ4n) is 2.64. The average Bonchev–Trinajstić information content (AvgIpc) is 2.34. The van der Waals surface area contributed by atoms with Gasteiger partial charge in [0.05, 0.1) is 0 Å². The van der Waals surface area contributed by atoms with Gasteiger partial charge in [0.1, 0.15) is 6.04 Å². The van der Waals surface area contributed by atoms with Crippen molar-refractivity contribution in [1.29, 1.82) is 0 Å². The Hall–Kier alpha value is -1.39. The van der Waals surface area contributed by atoms with Gasteiger partial charge in [-0.2, -0.15) is 0 Å². The van der Waals surface area contributed by atoms with Crippen LogP contribution in [-0.4, -0.2) is 53.1 Å². The molecule has 4 heteroatoms. The number of piperazine rings is 1. The molecule has 1 heterocycles. The number of aliphatic carboxylic acids is 1. The van der Waals surface area contributed by atoms with Crippen LogP contribution in [0.4, 0.5) is 0 Å². The number of carboxylic acid groups (broad SMARTS) is 1. The molecule has 0 amide bonds. The summed E-state index contributed by atoms with van der Waals surface area (Å²) in [5.74, 6) is -0.772. The first-order valence-corrected chi connectivity index (χ1v) is 6.65. The number of hydrogen-bond acceptors (Lipinski definition) is 3. The predicted molar refractivity (Wildman–Crippen MR) is 75.1 cm³/mol. The van der Waals surface area contributed by atoms with Crippen LogP contribution in [0.25, 0.3) is 0 Å². The van der Waals surface area contributed by atoms with Gasteiger partial charge in [-0.1, -0.05) is 30.3 Å². The Morgan fingerprint density at radius 3 is 2.42 bits per heavy atom. The first-order chi connectivity index (χ1) is 8.92. The fourth-order valence-corrected chi connectivity index (χ4v) is 2.64. The minimum absolute atomic E-state index is 0.000725. The van der Waals surface area contributed by atoms with Crippen LogP contribution < -0.4 is 0 Å². The summed E-state index contributed by atoms with van der Waals surface area (Å²) in [7, 11) is 2.09. The van der Waals surface area contributed by atoms with Gasteiger partial charge in [-0.25, -0.2) is 0 Å². The summed E-state index contributed by atoms with van der Waals surface area (Å²) in [6.45, 7) is 6.75. The molecule has 0 aliphatic carbocycles. The van der Waals surface area contributed by atoms with Crippen molar-refractivity contribution in [3.8, 4) is 0 Å². The lowest BCUT2D eigenvalue weighted by Crippen LogP contribution is -2.58. The maximum atomic E-state index is 11.6. The van der Waals surface area contributed by atoms with Crippen molar-refractivity contribution in [1.82, 2.24) is 9.80 Å². The molecule has 0 radical (unpaired) electrons. The molecular weight excluding hydrogens is 240 g/mol. The summed E-state index contributed by atoms with van der Waals surface area (Å²) in [5, 5.41) is 9.56. The molecule has 1 aromatic carbocycles. The normalized spacial score (nSPS) is 22.1. The number of rotatable bonds is 3. The van der Waals surface area contributed by atoms with E-state index >= 15 is 0 Å². The number of likely N-dealkylation sites (N-methyl/N-ethyl adjacent to an activating group) is 1. The molecule has 0 bridgehead atoms. The lowest BCUT2D eigenvalue weighted by Gasteiger charge is -2.47. The van der Waals surface area contributed by atoms with Crippen LogP contribution in [0, 0.1) is 0 Å². The molecular formula is C15H22N2O2. The van der Waals surface area contributed by atoms with Crippen molar-refractivity contribution in [3.63, 3.8) is 0 Å². The molecule has 1 aliphatic rings. The zero-order chi connectivity index (χ0) is 14.0. The van der Waals surface area contributed by atoms with Crippen molar-refractivity contribution in [2.24, 2.45) is 0 Å². The number of nitrogens with zero attached hydrogens (tertiary/aromatic N) is 2. The van der Waals surface area contributed by atoms with E-state index in [9.17, 15) is 9.90 Å². The molecule has 0 spiro atoms. The third-order valence-corrected chi connectivity index (χ3v) is 4.06. The van der Waals surface area contributed by atoms with Crippen LogP contribution in [-0.2, 0) is 4.79 Å². The summed E-state index contributed by atoms with van der Waals surface area (Å²) in [4.78, 5) is 16.0. The maximum absolute atomic E-state index is 11.6. The van der Waals surface area contributed by atoms with E-state index in [2.05, 4.69) is 30.7 Å². The molecule has 0 saturated carbocycles. The lowest BCUT2D eigenvalue weighted by molar-refractivity contribution is -0.145. The SMILES string of the molecule is CN1CCN(C(C(=O)O)c2ccccc2)CC1(C)C. The smallest absolute Gasteiger partial charge is 0.325 e. The van der Waals surface area contributed by atoms with Crippen LogP contribution in [0.1, 0.15) is 25.5 Å². The third-order valence-electron chi connectivity index (χ3n) is 4.06.